The summed E-state index contributed by atoms with van der Waals surface area (Å²) in [7, 11) is 0. The van der Waals surface area contributed by atoms with Crippen molar-refractivity contribution in [3.63, 3.8) is 0 Å². The Kier molecular flexibility index (Phi) is 1.83. The zero-order valence-corrected chi connectivity index (χ0v) is 8.39. The Morgan fingerprint density at radius 3 is 1.86 bits per heavy atom. The molecule has 0 aromatic rings. The zero-order valence-electron chi connectivity index (χ0n) is 4.22. The molecule has 2 unspecified atom stereocenters. The Hall–Kier alpha value is 1.01. The van der Waals surface area contributed by atoms with Gasteiger partial charge in [-0.25, -0.2) is 0 Å². The molecule has 2 heteroatoms. The maximum absolute atomic E-state index is 4.21. The van der Waals surface area contributed by atoms with Crippen LogP contribution in [0.2, 0.25) is 0 Å². The van der Waals surface area contributed by atoms with Crippen molar-refractivity contribution >= 4 is 0 Å². The molecule has 0 N–H and O–H groups in total. The van der Waals surface area contributed by atoms with Gasteiger partial charge in [0.15, 0.2) is 0 Å². The van der Waals surface area contributed by atoms with Gasteiger partial charge in [0.2, 0.25) is 0 Å². The van der Waals surface area contributed by atoms with E-state index in [4.69, 9.17) is 0 Å². The summed E-state index contributed by atoms with van der Waals surface area (Å²) in [5, 5.41) is 4.21. The van der Waals surface area contributed by atoms with Crippen molar-refractivity contribution < 1.29 is 31.1 Å². The van der Waals surface area contributed by atoms with Crippen molar-refractivity contribution in [3.8, 4) is 0 Å². The second-order valence-corrected chi connectivity index (χ2v) is 2.34. The molecule has 38 valence electrons. The predicted octanol–water partition coefficient (Wildman–Crippen LogP) is 1.01. The standard InChI is InChI=1S/C5H8N.U/c1-4-2-6-3-5(1)4;/h4-5H,1-3H2;/q-1;. The Morgan fingerprint density at radius 1 is 1.14 bits per heavy atom. The molecule has 0 aromatic heterocycles. The molecule has 1 saturated heterocycles. The summed E-state index contributed by atoms with van der Waals surface area (Å²) in [4.78, 5) is 0. The summed E-state index contributed by atoms with van der Waals surface area (Å²) in [6.07, 6.45) is 1.49. The first-order valence-corrected chi connectivity index (χ1v) is 2.60. The van der Waals surface area contributed by atoms with Crippen LogP contribution in [0, 0.1) is 42.9 Å². The van der Waals surface area contributed by atoms with Crippen molar-refractivity contribution in [2.45, 2.75) is 6.42 Å². The quantitative estimate of drug-likeness (QED) is 0.633. The molecule has 0 amide bonds. The van der Waals surface area contributed by atoms with E-state index in [9.17, 15) is 0 Å². The van der Waals surface area contributed by atoms with Gasteiger partial charge in [-0.3, -0.25) is 0 Å². The average Bonchev–Trinajstić information content (AvgIpc) is 2.17. The minimum atomic E-state index is 0. The number of hydrogen-bond acceptors (Lipinski definition) is 0. The van der Waals surface area contributed by atoms with Gasteiger partial charge in [-0.2, -0.15) is 0 Å². The molecule has 2 fully saturated rings. The maximum atomic E-state index is 4.21. The SMILES string of the molecule is C1[N-]CC2CC12.[U]. The molecule has 7 heavy (non-hydrogen) atoms. The summed E-state index contributed by atoms with van der Waals surface area (Å²) in [5.74, 6) is 2.09. The van der Waals surface area contributed by atoms with Crippen LogP contribution in [0.1, 0.15) is 6.42 Å². The number of rotatable bonds is 0. The van der Waals surface area contributed by atoms with Crippen molar-refractivity contribution in [2.24, 2.45) is 11.8 Å². The van der Waals surface area contributed by atoms with Crippen LogP contribution in [0.4, 0.5) is 0 Å². The first-order valence-electron chi connectivity index (χ1n) is 2.60. The summed E-state index contributed by atoms with van der Waals surface area (Å²) in [6, 6.07) is 0. The molecule has 2 rings (SSSR count). The third kappa shape index (κ3) is 1.04. The van der Waals surface area contributed by atoms with Gasteiger partial charge in [0, 0.05) is 31.1 Å². The molecule has 1 saturated carbocycles. The van der Waals surface area contributed by atoms with Crippen molar-refractivity contribution in [1.29, 1.82) is 0 Å². The smallest absolute Gasteiger partial charge is 0 e. The van der Waals surface area contributed by atoms with Gasteiger partial charge in [-0.1, -0.05) is 18.3 Å². The van der Waals surface area contributed by atoms with Crippen LogP contribution in [-0.2, 0) is 0 Å². The molecular formula is C5H8NU-. The minimum Gasteiger partial charge on any atom is -0.662 e. The summed E-state index contributed by atoms with van der Waals surface area (Å²) in [6.45, 7) is 2.37. The van der Waals surface area contributed by atoms with Crippen molar-refractivity contribution in [2.75, 3.05) is 13.1 Å². The van der Waals surface area contributed by atoms with Crippen LogP contribution < -0.4 is 0 Å². The Bertz CT molecular complexity index is 66.5. The van der Waals surface area contributed by atoms with Crippen LogP contribution in [0.25, 0.3) is 5.32 Å². The molecule has 0 bridgehead atoms. The molecule has 1 aliphatic carbocycles. The van der Waals surface area contributed by atoms with Crippen LogP contribution in [0.5, 0.6) is 0 Å². The Morgan fingerprint density at radius 2 is 1.71 bits per heavy atom. The molecular weight excluding hydrogens is 312 g/mol. The molecule has 0 spiro atoms. The van der Waals surface area contributed by atoms with Crippen molar-refractivity contribution in [1.82, 2.24) is 0 Å². The van der Waals surface area contributed by atoms with Crippen molar-refractivity contribution in [3.05, 3.63) is 5.32 Å². The molecule has 1 nitrogen and oxygen atoms in total. The number of nitrogens with zero attached hydrogens (tertiary/aromatic N) is 1. The van der Waals surface area contributed by atoms with E-state index in [2.05, 4.69) is 5.32 Å². The molecule has 2 atom stereocenters. The summed E-state index contributed by atoms with van der Waals surface area (Å²) >= 11 is 0. The maximum Gasteiger partial charge on any atom is 0 e. The first-order chi connectivity index (χ1) is 2.97. The largest absolute Gasteiger partial charge is 0.662 e. The monoisotopic (exact) mass is 320 g/mol. The third-order valence-corrected chi connectivity index (χ3v) is 1.80. The predicted molar refractivity (Wildman–Crippen MR) is 24.7 cm³/mol. The zero-order chi connectivity index (χ0) is 3.98. The second kappa shape index (κ2) is 2.09. The van der Waals surface area contributed by atoms with E-state index >= 15 is 0 Å². The van der Waals surface area contributed by atoms with Gasteiger partial charge >= 0.3 is 0 Å². The normalized spacial score (nSPS) is 44.6. The Balaban J connectivity index is 0.000000245. The molecule has 0 aromatic carbocycles. The summed E-state index contributed by atoms with van der Waals surface area (Å²) < 4.78 is 0. The van der Waals surface area contributed by atoms with E-state index in [1.165, 1.54) is 19.5 Å². The van der Waals surface area contributed by atoms with E-state index in [1.807, 2.05) is 0 Å². The fourth-order valence-corrected chi connectivity index (χ4v) is 1.16. The van der Waals surface area contributed by atoms with E-state index in [0.717, 1.165) is 11.8 Å². The number of piperidine rings is 1. The van der Waals surface area contributed by atoms with Gasteiger partial charge in [0.1, 0.15) is 0 Å². The van der Waals surface area contributed by atoms with E-state index in [-0.39, 0.29) is 31.1 Å². The molecule has 0 radical (unpaired) electrons. The van der Waals surface area contributed by atoms with Crippen LogP contribution >= 0.6 is 0 Å². The van der Waals surface area contributed by atoms with Crippen LogP contribution in [0.15, 0.2) is 0 Å². The molecule has 1 heterocycles. The molecule has 1 aliphatic heterocycles. The molecule has 2 aliphatic rings. The fraction of sp³-hybridized carbons (Fsp3) is 1.00. The van der Waals surface area contributed by atoms with Gasteiger partial charge in [-0.15, -0.1) is 13.1 Å². The topological polar surface area (TPSA) is 14.1 Å². The second-order valence-electron chi connectivity index (χ2n) is 2.34. The number of fused-ring (bicyclic) bond motifs is 1. The fourth-order valence-electron chi connectivity index (χ4n) is 1.16. The summed E-state index contributed by atoms with van der Waals surface area (Å²) in [5.41, 5.74) is 0. The number of hydrogen-bond donors (Lipinski definition) is 0. The average molecular weight is 320 g/mol. The van der Waals surface area contributed by atoms with E-state index in [1.54, 1.807) is 0 Å². The first kappa shape index (κ1) is 6.14. The van der Waals surface area contributed by atoms with E-state index < -0.39 is 0 Å². The van der Waals surface area contributed by atoms with Gasteiger partial charge in [0.05, 0.1) is 0 Å². The van der Waals surface area contributed by atoms with Gasteiger partial charge in [-0.05, 0) is 0 Å². The van der Waals surface area contributed by atoms with Gasteiger partial charge in [0.25, 0.3) is 0 Å². The van der Waals surface area contributed by atoms with Crippen LogP contribution in [0.3, 0.4) is 0 Å². The van der Waals surface area contributed by atoms with E-state index in [0.29, 0.717) is 0 Å². The van der Waals surface area contributed by atoms with Crippen LogP contribution in [-0.4, -0.2) is 13.1 Å². The Labute approximate surface area is 67.6 Å². The van der Waals surface area contributed by atoms with Gasteiger partial charge < -0.3 is 5.32 Å². The third-order valence-electron chi connectivity index (χ3n) is 1.80. The minimum absolute atomic E-state index is 0.